The lowest BCUT2D eigenvalue weighted by Gasteiger charge is -2.20. The average Bonchev–Trinajstić information content (AvgIpc) is 2.64. The zero-order valence-electron chi connectivity index (χ0n) is 14.8. The molecular weight excluding hydrogens is 354 g/mol. The first-order valence-corrected chi connectivity index (χ1v) is 8.99. The average molecular weight is 373 g/mol. The van der Waals surface area contributed by atoms with Gasteiger partial charge >= 0.3 is 5.69 Å². The Morgan fingerprint density at radius 3 is 2.38 bits per heavy atom. The summed E-state index contributed by atoms with van der Waals surface area (Å²) in [5, 5.41) is 0.0182. The van der Waals surface area contributed by atoms with Crippen LogP contribution in [0.1, 0.15) is 46.2 Å². The van der Waals surface area contributed by atoms with Crippen LogP contribution in [-0.2, 0) is 20.5 Å². The first kappa shape index (κ1) is 18.3. The Balaban J connectivity index is 2.46. The van der Waals surface area contributed by atoms with Gasteiger partial charge in [0.15, 0.2) is 11.6 Å². The van der Waals surface area contributed by atoms with Gasteiger partial charge in [0.1, 0.15) is 5.65 Å². The van der Waals surface area contributed by atoms with Crippen molar-refractivity contribution < 1.29 is 9.59 Å². The quantitative estimate of drug-likeness (QED) is 0.814. The molecule has 8 heteroatoms. The number of hydrogen-bond donors (Lipinski definition) is 1. The monoisotopic (exact) mass is 373 g/mol. The molecule has 0 aromatic carbocycles. The molecule has 26 heavy (non-hydrogen) atoms. The number of aromatic nitrogens is 3. The summed E-state index contributed by atoms with van der Waals surface area (Å²) in [4.78, 5) is 55.1. The Kier molecular flexibility index (Phi) is 4.70. The molecule has 1 aliphatic carbocycles. The number of carbonyl (C=O) groups excluding carboxylic acids is 2. The first-order valence-electron chi connectivity index (χ1n) is 8.36. The summed E-state index contributed by atoms with van der Waals surface area (Å²) in [5.41, 5.74) is 0.0567. The van der Waals surface area contributed by atoms with Gasteiger partial charge in [-0.3, -0.25) is 23.5 Å². The molecule has 0 unspecified atom stereocenters. The third-order valence-electron chi connectivity index (χ3n) is 4.67. The van der Waals surface area contributed by atoms with Gasteiger partial charge in [0.25, 0.3) is 5.56 Å². The van der Waals surface area contributed by atoms with Gasteiger partial charge in [-0.05, 0) is 31.1 Å². The summed E-state index contributed by atoms with van der Waals surface area (Å²) in [6.07, 6.45) is 2.82. The highest BCUT2D eigenvalue weighted by Gasteiger charge is 2.32. The molecular formula is C18H19N3O4S. The van der Waals surface area contributed by atoms with Crippen molar-refractivity contribution in [1.29, 1.82) is 0 Å². The standard InChI is InChI=1S/C18H19N3O4S/c1-4-10-12-13(11(22)8-9(15(12)23)6-5-7-26)14-16(19-10)20(2)18(25)21(3)17(14)24/h8,26H,4-7H2,1-3H3. The minimum absolute atomic E-state index is 0.0182. The molecule has 0 fully saturated rings. The highest BCUT2D eigenvalue weighted by atomic mass is 32.1. The number of pyridine rings is 1. The molecule has 0 N–H and O–H groups in total. The molecule has 0 saturated carbocycles. The normalized spacial score (nSPS) is 13.9. The van der Waals surface area contributed by atoms with Crippen LogP contribution in [0.5, 0.6) is 0 Å². The molecule has 0 aliphatic heterocycles. The van der Waals surface area contributed by atoms with Crippen molar-refractivity contribution in [3.8, 4) is 0 Å². The van der Waals surface area contributed by atoms with E-state index in [1.165, 1.54) is 24.7 Å². The predicted molar refractivity (Wildman–Crippen MR) is 101 cm³/mol. The number of Topliss-reactive ketones (excluding diaryl/α,β-unsaturated/α-hetero) is 1. The highest BCUT2D eigenvalue weighted by molar-refractivity contribution is 7.80. The van der Waals surface area contributed by atoms with E-state index < -0.39 is 17.0 Å². The van der Waals surface area contributed by atoms with Crippen LogP contribution in [0, 0.1) is 0 Å². The van der Waals surface area contributed by atoms with Gasteiger partial charge in [-0.15, -0.1) is 0 Å². The van der Waals surface area contributed by atoms with Crippen LogP contribution in [-0.4, -0.2) is 31.4 Å². The van der Waals surface area contributed by atoms with Crippen molar-refractivity contribution in [2.75, 3.05) is 5.75 Å². The van der Waals surface area contributed by atoms with Gasteiger partial charge < -0.3 is 0 Å². The minimum atomic E-state index is -0.622. The van der Waals surface area contributed by atoms with E-state index in [-0.39, 0.29) is 27.9 Å². The van der Waals surface area contributed by atoms with E-state index in [9.17, 15) is 19.2 Å². The molecule has 0 bridgehead atoms. The van der Waals surface area contributed by atoms with Gasteiger partial charge in [-0.1, -0.05) is 6.92 Å². The molecule has 7 nitrogen and oxygen atoms in total. The summed E-state index contributed by atoms with van der Waals surface area (Å²) >= 11 is 4.15. The lowest BCUT2D eigenvalue weighted by atomic mass is 9.85. The lowest BCUT2D eigenvalue weighted by Crippen LogP contribution is -2.39. The van der Waals surface area contributed by atoms with Crippen molar-refractivity contribution >= 4 is 35.2 Å². The van der Waals surface area contributed by atoms with Crippen molar-refractivity contribution in [2.24, 2.45) is 14.1 Å². The highest BCUT2D eigenvalue weighted by Crippen LogP contribution is 2.30. The van der Waals surface area contributed by atoms with Crippen LogP contribution in [0.2, 0.25) is 0 Å². The van der Waals surface area contributed by atoms with Crippen LogP contribution >= 0.6 is 12.6 Å². The van der Waals surface area contributed by atoms with E-state index in [4.69, 9.17) is 0 Å². The van der Waals surface area contributed by atoms with Crippen LogP contribution < -0.4 is 11.2 Å². The van der Waals surface area contributed by atoms with E-state index in [1.54, 1.807) is 0 Å². The maximum absolute atomic E-state index is 13.0. The number of ketones is 2. The van der Waals surface area contributed by atoms with E-state index in [1.807, 2.05) is 6.92 Å². The number of aryl methyl sites for hydroxylation is 2. The third kappa shape index (κ3) is 2.56. The lowest BCUT2D eigenvalue weighted by molar-refractivity contribution is 0.0981. The molecule has 0 amide bonds. The van der Waals surface area contributed by atoms with Crippen molar-refractivity contribution in [3.63, 3.8) is 0 Å². The summed E-state index contributed by atoms with van der Waals surface area (Å²) in [7, 11) is 2.83. The van der Waals surface area contributed by atoms with Gasteiger partial charge in [0.05, 0.1) is 22.2 Å². The molecule has 0 radical (unpaired) electrons. The summed E-state index contributed by atoms with van der Waals surface area (Å²) < 4.78 is 2.15. The molecule has 0 saturated heterocycles. The zero-order valence-corrected chi connectivity index (χ0v) is 15.7. The van der Waals surface area contributed by atoms with Crippen LogP contribution in [0.25, 0.3) is 11.0 Å². The second kappa shape index (κ2) is 6.68. The third-order valence-corrected chi connectivity index (χ3v) is 4.99. The van der Waals surface area contributed by atoms with Crippen LogP contribution in [0.15, 0.2) is 21.2 Å². The SMILES string of the molecule is CCc1nc2c(c3c1C(=O)C(CCCS)=CC3=O)c(=O)n(C)c(=O)n2C. The molecule has 3 rings (SSSR count). The number of thiol groups is 1. The Morgan fingerprint density at radius 2 is 1.77 bits per heavy atom. The zero-order chi connectivity index (χ0) is 19.2. The summed E-state index contributed by atoms with van der Waals surface area (Å²) in [5.74, 6) is -0.0690. The summed E-state index contributed by atoms with van der Waals surface area (Å²) in [6, 6.07) is 0. The Morgan fingerprint density at radius 1 is 1.08 bits per heavy atom. The minimum Gasteiger partial charge on any atom is -0.289 e. The van der Waals surface area contributed by atoms with Gasteiger partial charge in [-0.2, -0.15) is 12.6 Å². The first-order chi connectivity index (χ1) is 12.3. The topological polar surface area (TPSA) is 91.0 Å². The molecule has 0 atom stereocenters. The van der Waals surface area contributed by atoms with Crippen molar-refractivity contribution in [2.45, 2.75) is 26.2 Å². The molecule has 136 valence electrons. The smallest absolute Gasteiger partial charge is 0.289 e. The maximum Gasteiger partial charge on any atom is 0.332 e. The van der Waals surface area contributed by atoms with E-state index >= 15 is 0 Å². The number of rotatable bonds is 4. The Hall–Kier alpha value is -2.48. The fraction of sp³-hybridized carbons (Fsp3) is 0.389. The molecule has 2 heterocycles. The number of fused-ring (bicyclic) bond motifs is 3. The molecule has 1 aliphatic rings. The van der Waals surface area contributed by atoms with E-state index in [0.717, 1.165) is 4.57 Å². The number of allylic oxidation sites excluding steroid dienone is 2. The van der Waals surface area contributed by atoms with Crippen molar-refractivity contribution in [3.05, 3.63) is 49.3 Å². The number of nitrogens with zero attached hydrogens (tertiary/aromatic N) is 3. The largest absolute Gasteiger partial charge is 0.332 e. The molecule has 2 aromatic rings. The molecule has 0 spiro atoms. The number of carbonyl (C=O) groups is 2. The second-order valence-electron chi connectivity index (χ2n) is 6.26. The van der Waals surface area contributed by atoms with Crippen molar-refractivity contribution in [1.82, 2.24) is 14.1 Å². The fourth-order valence-electron chi connectivity index (χ4n) is 3.29. The summed E-state index contributed by atoms with van der Waals surface area (Å²) in [6.45, 7) is 1.82. The van der Waals surface area contributed by atoms with Gasteiger partial charge in [0, 0.05) is 19.7 Å². The molecule has 2 aromatic heterocycles. The Labute approximate surface area is 154 Å². The van der Waals surface area contributed by atoms with Crippen LogP contribution in [0.4, 0.5) is 0 Å². The predicted octanol–water partition coefficient (Wildman–Crippen LogP) is 1.21. The van der Waals surface area contributed by atoms with E-state index in [2.05, 4.69) is 17.6 Å². The second-order valence-corrected chi connectivity index (χ2v) is 6.70. The van der Waals surface area contributed by atoms with E-state index in [0.29, 0.717) is 36.3 Å². The maximum atomic E-state index is 13.0. The van der Waals surface area contributed by atoms with Gasteiger partial charge in [0.2, 0.25) is 0 Å². The fourth-order valence-corrected chi connectivity index (χ4v) is 3.45. The van der Waals surface area contributed by atoms with Gasteiger partial charge in [-0.25, -0.2) is 9.78 Å². The number of hydrogen-bond acceptors (Lipinski definition) is 6. The Bertz CT molecular complexity index is 1110. The van der Waals surface area contributed by atoms with Crippen LogP contribution in [0.3, 0.4) is 0 Å².